The maximum atomic E-state index is 11.0. The molecule has 1 aliphatic rings. The van der Waals surface area contributed by atoms with E-state index in [1.54, 1.807) is 12.6 Å². The van der Waals surface area contributed by atoms with Gasteiger partial charge < -0.3 is 19.7 Å². The van der Waals surface area contributed by atoms with Crippen molar-refractivity contribution in [3.63, 3.8) is 0 Å². The van der Waals surface area contributed by atoms with E-state index >= 15 is 0 Å². The predicted molar refractivity (Wildman–Crippen MR) is 125 cm³/mol. The molecule has 1 aromatic heterocycles. The number of ether oxygens (including phenoxy) is 1. The fourth-order valence-corrected chi connectivity index (χ4v) is 3.83. The standard InChI is InChI=1S/C24H26N4O5/c1-32-15-11-12-19-17(14-15)21(24(30)26-19)23-22(16-8-5-6-9-18(16)25-23)28-33-13-7-3-2-4-10-20(29)27-31/h5-6,8-9,11-12,14,26,30-31H,2-4,7,10,13H2,1H3,(H,27,29)/b28-22+. The monoisotopic (exact) mass is 450 g/mol. The number of carbonyl (C=O) groups is 1. The molecule has 0 saturated carbocycles. The van der Waals surface area contributed by atoms with E-state index in [1.807, 2.05) is 42.5 Å². The van der Waals surface area contributed by atoms with Gasteiger partial charge in [-0.25, -0.2) is 10.5 Å². The van der Waals surface area contributed by atoms with Crippen LogP contribution in [0.15, 0.2) is 52.6 Å². The molecule has 4 rings (SSSR count). The first-order chi connectivity index (χ1) is 16.1. The summed E-state index contributed by atoms with van der Waals surface area (Å²) in [4.78, 5) is 24.4. The number of hydroxylamine groups is 1. The topological polar surface area (TPSA) is 129 Å². The lowest BCUT2D eigenvalue weighted by atomic mass is 10.0. The molecule has 0 radical (unpaired) electrons. The molecule has 4 N–H and O–H groups in total. The van der Waals surface area contributed by atoms with E-state index in [-0.39, 0.29) is 11.8 Å². The van der Waals surface area contributed by atoms with E-state index < -0.39 is 0 Å². The number of hydrogen-bond acceptors (Lipinski definition) is 7. The number of aromatic hydroxyl groups is 1. The summed E-state index contributed by atoms with van der Waals surface area (Å²) >= 11 is 0. The highest BCUT2D eigenvalue weighted by Crippen LogP contribution is 2.36. The number of methoxy groups -OCH3 is 1. The number of nitrogens with zero attached hydrogens (tertiary/aromatic N) is 2. The van der Waals surface area contributed by atoms with Crippen LogP contribution in [0.25, 0.3) is 10.9 Å². The number of para-hydroxylation sites is 1. The first kappa shape index (κ1) is 22.3. The summed E-state index contributed by atoms with van der Waals surface area (Å²) < 4.78 is 5.35. The van der Waals surface area contributed by atoms with Gasteiger partial charge in [-0.2, -0.15) is 0 Å². The smallest absolute Gasteiger partial charge is 0.243 e. The molecule has 0 atom stereocenters. The Morgan fingerprint density at radius 1 is 1.15 bits per heavy atom. The summed E-state index contributed by atoms with van der Waals surface area (Å²) in [5.41, 5.74) is 5.62. The molecule has 0 aliphatic carbocycles. The normalized spacial score (nSPS) is 13.8. The number of aliphatic imine (C=N–C) groups is 1. The quantitative estimate of drug-likeness (QED) is 0.209. The van der Waals surface area contributed by atoms with Crippen molar-refractivity contribution in [1.29, 1.82) is 0 Å². The molecule has 1 aliphatic heterocycles. The number of unbranched alkanes of at least 4 members (excludes halogenated alkanes) is 3. The highest BCUT2D eigenvalue weighted by Gasteiger charge is 2.29. The van der Waals surface area contributed by atoms with Crippen molar-refractivity contribution < 1.29 is 24.7 Å². The number of fused-ring (bicyclic) bond motifs is 2. The summed E-state index contributed by atoms with van der Waals surface area (Å²) in [5.74, 6) is 0.303. The zero-order chi connectivity index (χ0) is 23.2. The molecule has 1 amide bonds. The Balaban J connectivity index is 1.51. The number of rotatable bonds is 10. The molecule has 0 unspecified atom stereocenters. The Morgan fingerprint density at radius 3 is 2.79 bits per heavy atom. The van der Waals surface area contributed by atoms with Gasteiger partial charge in [0.25, 0.3) is 0 Å². The molecule has 2 heterocycles. The van der Waals surface area contributed by atoms with E-state index in [0.29, 0.717) is 42.2 Å². The molecular formula is C24H26N4O5. The van der Waals surface area contributed by atoms with Gasteiger partial charge in [0.2, 0.25) is 5.91 Å². The summed E-state index contributed by atoms with van der Waals surface area (Å²) in [6.45, 7) is 0.416. The number of aromatic amines is 1. The molecule has 3 aromatic rings. The number of aromatic nitrogens is 1. The average Bonchev–Trinajstić information content (AvgIpc) is 3.35. The van der Waals surface area contributed by atoms with Crippen LogP contribution >= 0.6 is 0 Å². The molecule has 9 heteroatoms. The molecule has 172 valence electrons. The summed E-state index contributed by atoms with van der Waals surface area (Å²) in [6.07, 6.45) is 3.52. The number of amides is 1. The third-order valence-electron chi connectivity index (χ3n) is 5.51. The number of oxime groups is 1. The molecule has 33 heavy (non-hydrogen) atoms. The van der Waals surface area contributed by atoms with E-state index in [9.17, 15) is 9.90 Å². The minimum Gasteiger partial charge on any atom is -0.497 e. The van der Waals surface area contributed by atoms with Gasteiger partial charge >= 0.3 is 0 Å². The molecule has 9 nitrogen and oxygen atoms in total. The SMILES string of the molecule is COc1ccc2[nH]c(O)c(C3=Nc4ccccc4/C3=N\OCCCCCCC(=O)NO)c2c1. The first-order valence-electron chi connectivity index (χ1n) is 10.8. The van der Waals surface area contributed by atoms with Crippen LogP contribution < -0.4 is 10.2 Å². The lowest BCUT2D eigenvalue weighted by Gasteiger charge is -2.06. The largest absolute Gasteiger partial charge is 0.497 e. The number of H-pyrrole nitrogens is 1. The minimum absolute atomic E-state index is 0.00410. The fraction of sp³-hybridized carbons (Fsp3) is 0.292. The van der Waals surface area contributed by atoms with Crippen LogP contribution in [0, 0.1) is 0 Å². The Hall–Kier alpha value is -3.85. The van der Waals surface area contributed by atoms with Crippen LogP contribution in [0.2, 0.25) is 0 Å². The van der Waals surface area contributed by atoms with E-state index in [2.05, 4.69) is 10.1 Å². The second-order valence-corrected chi connectivity index (χ2v) is 7.71. The van der Waals surface area contributed by atoms with E-state index in [4.69, 9.17) is 19.8 Å². The van der Waals surface area contributed by atoms with Gasteiger partial charge in [-0.1, -0.05) is 29.8 Å². The molecule has 0 bridgehead atoms. The van der Waals surface area contributed by atoms with Gasteiger partial charge in [0.05, 0.1) is 18.4 Å². The van der Waals surface area contributed by atoms with Crippen molar-refractivity contribution >= 4 is 33.9 Å². The Kier molecular flexibility index (Phi) is 6.89. The Labute approximate surface area is 190 Å². The van der Waals surface area contributed by atoms with Gasteiger partial charge in [0.15, 0.2) is 5.88 Å². The number of nitrogens with one attached hydrogen (secondary N) is 2. The van der Waals surface area contributed by atoms with Crippen LogP contribution in [0.5, 0.6) is 11.6 Å². The van der Waals surface area contributed by atoms with Crippen LogP contribution in [0.3, 0.4) is 0 Å². The summed E-state index contributed by atoms with van der Waals surface area (Å²) in [6, 6.07) is 13.1. The van der Waals surface area contributed by atoms with Crippen molar-refractivity contribution in [1.82, 2.24) is 10.5 Å². The highest BCUT2D eigenvalue weighted by molar-refractivity contribution is 6.58. The number of benzene rings is 2. The van der Waals surface area contributed by atoms with Gasteiger partial charge in [-0.05, 0) is 43.5 Å². The van der Waals surface area contributed by atoms with Crippen LogP contribution in [0.4, 0.5) is 5.69 Å². The highest BCUT2D eigenvalue weighted by atomic mass is 16.6. The van der Waals surface area contributed by atoms with Crippen molar-refractivity contribution in [2.75, 3.05) is 13.7 Å². The first-order valence-corrected chi connectivity index (χ1v) is 10.8. The Bertz CT molecular complexity index is 1210. The lowest BCUT2D eigenvalue weighted by Crippen LogP contribution is -2.17. The predicted octanol–water partition coefficient (Wildman–Crippen LogP) is 4.19. The third kappa shape index (κ3) is 4.83. The second-order valence-electron chi connectivity index (χ2n) is 7.71. The van der Waals surface area contributed by atoms with Crippen molar-refractivity contribution in [3.8, 4) is 11.6 Å². The number of hydrogen-bond donors (Lipinski definition) is 4. The molecule has 0 fully saturated rings. The van der Waals surface area contributed by atoms with E-state index in [1.165, 1.54) is 0 Å². The van der Waals surface area contributed by atoms with Crippen LogP contribution in [-0.2, 0) is 9.63 Å². The van der Waals surface area contributed by atoms with Gasteiger partial charge in [-0.3, -0.25) is 10.0 Å². The van der Waals surface area contributed by atoms with Gasteiger partial charge in [-0.15, -0.1) is 0 Å². The summed E-state index contributed by atoms with van der Waals surface area (Å²) in [5, 5.41) is 24.4. The molecular weight excluding hydrogens is 424 g/mol. The minimum atomic E-state index is -0.373. The maximum absolute atomic E-state index is 11.0. The number of carbonyl (C=O) groups excluding carboxylic acids is 1. The van der Waals surface area contributed by atoms with Crippen LogP contribution in [0.1, 0.15) is 43.2 Å². The summed E-state index contributed by atoms with van der Waals surface area (Å²) in [7, 11) is 1.60. The van der Waals surface area contributed by atoms with Crippen LogP contribution in [-0.4, -0.2) is 46.3 Å². The zero-order valence-electron chi connectivity index (χ0n) is 18.3. The lowest BCUT2D eigenvalue weighted by molar-refractivity contribution is -0.129. The van der Waals surface area contributed by atoms with Gasteiger partial charge in [0.1, 0.15) is 23.8 Å². The van der Waals surface area contributed by atoms with Gasteiger partial charge in [0, 0.05) is 22.9 Å². The fourth-order valence-electron chi connectivity index (χ4n) is 3.83. The third-order valence-corrected chi connectivity index (χ3v) is 5.51. The average molecular weight is 450 g/mol. The maximum Gasteiger partial charge on any atom is 0.243 e. The second kappa shape index (κ2) is 10.2. The van der Waals surface area contributed by atoms with Crippen molar-refractivity contribution in [2.45, 2.75) is 32.1 Å². The van der Waals surface area contributed by atoms with Crippen molar-refractivity contribution in [2.24, 2.45) is 10.1 Å². The molecule has 0 saturated heterocycles. The zero-order valence-corrected chi connectivity index (χ0v) is 18.3. The molecule has 2 aromatic carbocycles. The van der Waals surface area contributed by atoms with E-state index in [0.717, 1.165) is 41.4 Å². The van der Waals surface area contributed by atoms with Crippen molar-refractivity contribution in [3.05, 3.63) is 53.6 Å². The Morgan fingerprint density at radius 2 is 1.97 bits per heavy atom. The molecule has 0 spiro atoms.